The Morgan fingerprint density at radius 1 is 0.383 bits per heavy atom. The molecule has 0 N–H and O–H groups in total. The van der Waals surface area contributed by atoms with Crippen LogP contribution in [0.5, 0.6) is 0 Å². The van der Waals surface area contributed by atoms with Crippen LogP contribution in [0.25, 0.3) is 11.8 Å². The zero-order valence-electron chi connectivity index (χ0n) is 32.8. The molecule has 8 aromatic rings. The third-order valence-electron chi connectivity index (χ3n) is 11.4. The second-order valence-electron chi connectivity index (χ2n) is 15.2. The van der Waals surface area contributed by atoms with E-state index in [0.717, 1.165) is 90.9 Å². The highest BCUT2D eigenvalue weighted by molar-refractivity contribution is 5.95. The summed E-state index contributed by atoms with van der Waals surface area (Å²) in [7, 11) is 0. The van der Waals surface area contributed by atoms with Crippen LogP contribution >= 0.6 is 0 Å². The molecule has 3 aliphatic rings. The van der Waals surface area contributed by atoms with Crippen molar-refractivity contribution in [3.8, 4) is 0 Å². The standard InChI is InChI=1S/C54H40N6/c1-4-16-41(17-5-1)57-44-22-10-24-46(34-44)58(42-18-6-2-7-19-42)48-26-12-28-50(36-48)60(52-33-40-31-30-39-15-14-32-55-53(39)54(40)56-38-52)51-29-13-27-49(37-51)59(43-20-8-3-9-21-43)47-25-11-23-45(57)35-47/h1-30,32-38,40H,31H2. The molecule has 0 spiro atoms. The third kappa shape index (κ3) is 6.41. The molecule has 7 aromatic carbocycles. The lowest BCUT2D eigenvalue weighted by molar-refractivity contribution is 0.822. The van der Waals surface area contributed by atoms with Crippen LogP contribution in [-0.4, -0.2) is 11.2 Å². The van der Waals surface area contributed by atoms with Crippen LogP contribution in [0.2, 0.25) is 0 Å². The number of hydrogen-bond donors (Lipinski definition) is 0. The maximum absolute atomic E-state index is 5.17. The zero-order chi connectivity index (χ0) is 39.8. The number of anilines is 11. The second kappa shape index (κ2) is 15.1. The lowest BCUT2D eigenvalue weighted by atomic mass is 9.92. The second-order valence-corrected chi connectivity index (χ2v) is 15.2. The average Bonchev–Trinajstić information content (AvgIpc) is 3.31. The predicted octanol–water partition coefficient (Wildman–Crippen LogP) is 12.5. The van der Waals surface area contributed by atoms with E-state index in [4.69, 9.17) is 9.98 Å². The lowest BCUT2D eigenvalue weighted by Gasteiger charge is -2.34. The number of pyridine rings is 1. The van der Waals surface area contributed by atoms with E-state index >= 15 is 0 Å². The van der Waals surface area contributed by atoms with Gasteiger partial charge in [-0.3, -0.25) is 9.98 Å². The van der Waals surface area contributed by atoms with Crippen LogP contribution in [0.3, 0.4) is 0 Å². The molecule has 6 heteroatoms. The summed E-state index contributed by atoms with van der Waals surface area (Å²) >= 11 is 0. The highest BCUT2D eigenvalue weighted by Gasteiger charge is 2.26. The average molecular weight is 773 g/mol. The molecular weight excluding hydrogens is 733 g/mol. The molecule has 0 saturated carbocycles. The van der Waals surface area contributed by atoms with Crippen LogP contribution in [0.1, 0.15) is 6.42 Å². The molecule has 11 rings (SSSR count). The first-order valence-electron chi connectivity index (χ1n) is 20.4. The molecule has 0 amide bonds. The fraction of sp³-hybridized carbons (Fsp3) is 0.0370. The molecule has 1 unspecified atom stereocenters. The van der Waals surface area contributed by atoms with Crippen LogP contribution in [0, 0.1) is 5.92 Å². The van der Waals surface area contributed by atoms with Gasteiger partial charge in [0.25, 0.3) is 0 Å². The topological polar surface area (TPSA) is 38.2 Å². The van der Waals surface area contributed by atoms with Crippen LogP contribution in [0.15, 0.2) is 223 Å². The van der Waals surface area contributed by atoms with Crippen molar-refractivity contribution in [2.45, 2.75) is 6.42 Å². The summed E-state index contributed by atoms with van der Waals surface area (Å²) in [5.41, 5.74) is 13.5. The highest BCUT2D eigenvalue weighted by atomic mass is 15.2. The highest BCUT2D eigenvalue weighted by Crippen LogP contribution is 2.46. The largest absolute Gasteiger partial charge is 0.310 e. The number of para-hydroxylation sites is 3. The van der Waals surface area contributed by atoms with Crippen LogP contribution < -0.4 is 30.2 Å². The molecule has 2 aliphatic heterocycles. The summed E-state index contributed by atoms with van der Waals surface area (Å²) in [6, 6.07) is 71.4. The van der Waals surface area contributed by atoms with Crippen molar-refractivity contribution in [2.75, 3.05) is 19.6 Å². The number of aliphatic imine (C=N–C) groups is 1. The number of allylic oxidation sites excluding steroid dienone is 1. The van der Waals surface area contributed by atoms with Crippen molar-refractivity contribution in [3.05, 3.63) is 229 Å². The third-order valence-corrected chi connectivity index (χ3v) is 11.4. The van der Waals surface area contributed by atoms with E-state index in [1.165, 1.54) is 0 Å². The quantitative estimate of drug-likeness (QED) is 0.178. The molecule has 0 fully saturated rings. The first kappa shape index (κ1) is 35.2. The molecule has 3 heterocycles. The molecule has 1 aliphatic carbocycles. The molecule has 0 radical (unpaired) electrons. The van der Waals surface area contributed by atoms with E-state index in [-0.39, 0.29) is 5.92 Å². The van der Waals surface area contributed by atoms with Crippen molar-refractivity contribution in [2.24, 2.45) is 10.9 Å². The van der Waals surface area contributed by atoms with Crippen molar-refractivity contribution in [3.63, 3.8) is 0 Å². The minimum absolute atomic E-state index is 0.0961. The van der Waals surface area contributed by atoms with E-state index in [0.29, 0.717) is 0 Å². The zero-order valence-corrected chi connectivity index (χ0v) is 32.8. The van der Waals surface area contributed by atoms with Crippen molar-refractivity contribution in [1.82, 2.24) is 4.98 Å². The fourth-order valence-corrected chi connectivity index (χ4v) is 8.76. The van der Waals surface area contributed by atoms with Gasteiger partial charge in [0, 0.05) is 74.7 Å². The monoisotopic (exact) mass is 772 g/mol. The summed E-state index contributed by atoms with van der Waals surface area (Å²) < 4.78 is 0. The van der Waals surface area contributed by atoms with Crippen molar-refractivity contribution >= 4 is 80.5 Å². The molecule has 1 atom stereocenters. The van der Waals surface area contributed by atoms with Gasteiger partial charge in [-0.15, -0.1) is 0 Å². The van der Waals surface area contributed by atoms with Gasteiger partial charge in [-0.1, -0.05) is 91.0 Å². The Labute approximate surface area is 349 Å². The maximum Gasteiger partial charge on any atom is 0.0919 e. The van der Waals surface area contributed by atoms with Gasteiger partial charge in [0.1, 0.15) is 0 Å². The van der Waals surface area contributed by atoms with Gasteiger partial charge < -0.3 is 19.6 Å². The molecular formula is C54H40N6. The normalized spacial score (nSPS) is 15.4. The lowest BCUT2D eigenvalue weighted by Crippen LogP contribution is -2.36. The minimum Gasteiger partial charge on any atom is -0.310 e. The summed E-state index contributed by atoms with van der Waals surface area (Å²) in [5.74, 6) is 0.0961. The van der Waals surface area contributed by atoms with Gasteiger partial charge in [0.05, 0.1) is 23.0 Å². The Hall–Kier alpha value is -7.96. The van der Waals surface area contributed by atoms with Gasteiger partial charge >= 0.3 is 0 Å². The molecule has 8 bridgehead atoms. The van der Waals surface area contributed by atoms with Crippen LogP contribution in [0.4, 0.5) is 62.6 Å². The Kier molecular flexibility index (Phi) is 8.86. The first-order valence-corrected chi connectivity index (χ1v) is 20.4. The van der Waals surface area contributed by atoms with Crippen LogP contribution in [-0.2, 0) is 0 Å². The summed E-state index contributed by atoms with van der Waals surface area (Å²) in [5, 5.41) is 2.11. The first-order chi connectivity index (χ1) is 29.7. The van der Waals surface area contributed by atoms with Crippen molar-refractivity contribution < 1.29 is 0 Å². The molecule has 60 heavy (non-hydrogen) atoms. The molecule has 6 nitrogen and oxygen atoms in total. The Morgan fingerprint density at radius 2 is 0.767 bits per heavy atom. The number of dihydropyridines is 1. The molecule has 1 aromatic heterocycles. The number of rotatable bonds is 4. The van der Waals surface area contributed by atoms with Gasteiger partial charge in [0.2, 0.25) is 0 Å². The van der Waals surface area contributed by atoms with Crippen molar-refractivity contribution in [1.29, 1.82) is 0 Å². The van der Waals surface area contributed by atoms with Gasteiger partial charge in [-0.25, -0.2) is 0 Å². The maximum atomic E-state index is 5.17. The van der Waals surface area contributed by atoms with E-state index in [1.54, 1.807) is 0 Å². The Bertz CT molecular complexity index is 2920. The molecule has 286 valence electrons. The van der Waals surface area contributed by atoms with Gasteiger partial charge in [0.15, 0.2) is 0 Å². The Morgan fingerprint density at radius 3 is 1.18 bits per heavy atom. The van der Waals surface area contributed by atoms with E-state index in [9.17, 15) is 0 Å². The van der Waals surface area contributed by atoms with E-state index in [2.05, 4.69) is 226 Å². The van der Waals surface area contributed by atoms with E-state index < -0.39 is 0 Å². The summed E-state index contributed by atoms with van der Waals surface area (Å²) in [6.45, 7) is 0. The summed E-state index contributed by atoms with van der Waals surface area (Å²) in [6.07, 6.45) is 9.39. The van der Waals surface area contributed by atoms with Gasteiger partial charge in [-0.2, -0.15) is 0 Å². The number of aromatic nitrogens is 1. The number of fused-ring (bicyclic) bond motifs is 10. The summed E-state index contributed by atoms with van der Waals surface area (Å²) in [4.78, 5) is 19.3. The fourth-order valence-electron chi connectivity index (χ4n) is 8.76. The minimum atomic E-state index is 0.0961. The van der Waals surface area contributed by atoms with E-state index in [1.807, 2.05) is 18.5 Å². The number of hydrogen-bond acceptors (Lipinski definition) is 6. The predicted molar refractivity (Wildman–Crippen MR) is 249 cm³/mol. The number of benzene rings is 7. The number of nitrogens with zero attached hydrogens (tertiary/aromatic N) is 6. The Balaban J connectivity index is 1.17. The smallest absolute Gasteiger partial charge is 0.0919 e. The molecule has 0 saturated heterocycles. The van der Waals surface area contributed by atoms with Gasteiger partial charge in [-0.05, 0) is 133 Å². The SMILES string of the molecule is C1=NC2=c3ncccc3=CCC2C=C1N1c2cccc(c2)N(c2ccccc2)c2cccc(c2)N(c2ccccc2)c2cccc(c2)N(c2ccccc2)c2cccc1c2.